The van der Waals surface area contributed by atoms with Crippen molar-refractivity contribution >= 4 is 22.5 Å². The zero-order chi connectivity index (χ0) is 19.4. The minimum Gasteiger partial charge on any atom is -0.308 e. The quantitative estimate of drug-likeness (QED) is 0.675. The molecule has 0 spiro atoms. The van der Waals surface area contributed by atoms with Crippen LogP contribution in [0.4, 0.5) is 0 Å². The highest BCUT2D eigenvalue weighted by Crippen LogP contribution is 2.22. The van der Waals surface area contributed by atoms with Crippen molar-refractivity contribution in [2.45, 2.75) is 19.4 Å². The monoisotopic (exact) mass is 384 g/mol. The Labute approximate surface area is 164 Å². The fraction of sp³-hybridized carbons (Fsp3) is 0.333. The van der Waals surface area contributed by atoms with Gasteiger partial charge < -0.3 is 10.2 Å². The molecule has 1 unspecified atom stereocenters. The second-order valence-corrected chi connectivity index (χ2v) is 7.26. The van der Waals surface area contributed by atoms with Crippen LogP contribution < -0.4 is 10.9 Å². The molecular formula is C21H25ClN4O. The Hall–Kier alpha value is -2.21. The maximum absolute atomic E-state index is 13.3. The van der Waals surface area contributed by atoms with Gasteiger partial charge in [0.15, 0.2) is 0 Å². The number of hydrogen-bond donors (Lipinski definition) is 1. The van der Waals surface area contributed by atoms with Crippen molar-refractivity contribution in [3.8, 4) is 5.69 Å². The molecule has 0 radical (unpaired) electrons. The van der Waals surface area contributed by atoms with E-state index in [0.717, 1.165) is 25.2 Å². The third kappa shape index (κ3) is 4.38. The Morgan fingerprint density at radius 1 is 1.19 bits per heavy atom. The molecule has 0 fully saturated rings. The number of hydrogen-bond acceptors (Lipinski definition) is 4. The smallest absolute Gasteiger partial charge is 0.266 e. The second kappa shape index (κ2) is 8.65. The lowest BCUT2D eigenvalue weighted by molar-refractivity contribution is 0.376. The minimum atomic E-state index is -0.0780. The summed E-state index contributed by atoms with van der Waals surface area (Å²) in [6.07, 6.45) is 0.818. The van der Waals surface area contributed by atoms with Crippen molar-refractivity contribution in [3.05, 3.63) is 69.7 Å². The molecule has 1 N–H and O–H groups in total. The Morgan fingerprint density at radius 2 is 1.96 bits per heavy atom. The highest BCUT2D eigenvalue weighted by Gasteiger charge is 2.19. The fourth-order valence-electron chi connectivity index (χ4n) is 3.13. The number of rotatable bonds is 7. The molecule has 0 aliphatic carbocycles. The first-order chi connectivity index (χ1) is 13.0. The van der Waals surface area contributed by atoms with Crippen LogP contribution in [0.1, 0.15) is 25.2 Å². The molecule has 0 saturated heterocycles. The largest absolute Gasteiger partial charge is 0.308 e. The molecule has 2 aromatic carbocycles. The Morgan fingerprint density at radius 3 is 2.67 bits per heavy atom. The van der Waals surface area contributed by atoms with E-state index in [1.807, 2.05) is 50.5 Å². The van der Waals surface area contributed by atoms with E-state index in [2.05, 4.69) is 17.1 Å². The van der Waals surface area contributed by atoms with E-state index in [1.165, 1.54) is 0 Å². The molecule has 6 heteroatoms. The number of fused-ring (bicyclic) bond motifs is 1. The first-order valence-corrected chi connectivity index (χ1v) is 9.54. The van der Waals surface area contributed by atoms with E-state index < -0.39 is 0 Å². The summed E-state index contributed by atoms with van der Waals surface area (Å²) in [6.45, 7) is 3.81. The molecule has 142 valence electrons. The summed E-state index contributed by atoms with van der Waals surface area (Å²) >= 11 is 6.19. The predicted octanol–water partition coefficient (Wildman–Crippen LogP) is 3.64. The highest BCUT2D eigenvalue weighted by atomic mass is 35.5. The molecule has 0 amide bonds. The zero-order valence-corrected chi connectivity index (χ0v) is 16.7. The lowest BCUT2D eigenvalue weighted by Gasteiger charge is -2.22. The van der Waals surface area contributed by atoms with Crippen LogP contribution in [0.3, 0.4) is 0 Å². The summed E-state index contributed by atoms with van der Waals surface area (Å²) in [4.78, 5) is 20.3. The Bertz CT molecular complexity index is 983. The van der Waals surface area contributed by atoms with Crippen LogP contribution in [0.15, 0.2) is 53.3 Å². The van der Waals surface area contributed by atoms with Gasteiger partial charge in [-0.1, -0.05) is 36.7 Å². The van der Waals surface area contributed by atoms with Gasteiger partial charge in [0, 0.05) is 18.1 Å². The third-order valence-electron chi connectivity index (χ3n) is 4.54. The normalized spacial score (nSPS) is 12.6. The van der Waals surface area contributed by atoms with Crippen molar-refractivity contribution in [3.63, 3.8) is 0 Å². The first-order valence-electron chi connectivity index (χ1n) is 9.17. The summed E-state index contributed by atoms with van der Waals surface area (Å²) in [5.41, 5.74) is 1.36. The predicted molar refractivity (Wildman–Crippen MR) is 112 cm³/mol. The molecule has 27 heavy (non-hydrogen) atoms. The number of para-hydroxylation sites is 1. The van der Waals surface area contributed by atoms with Gasteiger partial charge in [-0.05, 0) is 50.8 Å². The van der Waals surface area contributed by atoms with E-state index in [4.69, 9.17) is 16.6 Å². The van der Waals surface area contributed by atoms with Gasteiger partial charge in [-0.25, -0.2) is 4.98 Å². The maximum Gasteiger partial charge on any atom is 0.266 e. The molecule has 1 atom stereocenters. The molecule has 1 aromatic heterocycles. The average Bonchev–Trinajstić information content (AvgIpc) is 2.65. The van der Waals surface area contributed by atoms with E-state index in [0.29, 0.717) is 21.7 Å². The molecule has 3 rings (SSSR count). The van der Waals surface area contributed by atoms with Crippen molar-refractivity contribution in [2.24, 2.45) is 0 Å². The van der Waals surface area contributed by atoms with Crippen molar-refractivity contribution in [1.82, 2.24) is 19.8 Å². The van der Waals surface area contributed by atoms with E-state index in [-0.39, 0.29) is 11.6 Å². The number of benzene rings is 2. The molecule has 0 saturated carbocycles. The lowest BCUT2D eigenvalue weighted by Crippen LogP contribution is -2.34. The van der Waals surface area contributed by atoms with Gasteiger partial charge in [0.1, 0.15) is 5.82 Å². The van der Waals surface area contributed by atoms with Crippen LogP contribution >= 0.6 is 11.6 Å². The first kappa shape index (κ1) is 19.5. The standard InChI is InChI=1S/C21H25ClN4O/c1-4-18(23-12-13-25(2)3)20-24-19-11-6-5-10-17(19)21(27)26(20)16-9-7-8-15(22)14-16/h5-11,14,18,23H,4,12-13H2,1-3H3. The van der Waals surface area contributed by atoms with Crippen molar-refractivity contribution in [2.75, 3.05) is 27.2 Å². The highest BCUT2D eigenvalue weighted by molar-refractivity contribution is 6.30. The van der Waals surface area contributed by atoms with Crippen LogP contribution in [0, 0.1) is 0 Å². The summed E-state index contributed by atoms with van der Waals surface area (Å²) < 4.78 is 1.69. The molecule has 5 nitrogen and oxygen atoms in total. The van der Waals surface area contributed by atoms with Gasteiger partial charge >= 0.3 is 0 Å². The van der Waals surface area contributed by atoms with E-state index >= 15 is 0 Å². The fourth-order valence-corrected chi connectivity index (χ4v) is 3.31. The van der Waals surface area contributed by atoms with Gasteiger partial charge in [-0.2, -0.15) is 0 Å². The van der Waals surface area contributed by atoms with Crippen LogP contribution in [-0.4, -0.2) is 41.6 Å². The van der Waals surface area contributed by atoms with Crippen LogP contribution in [0.25, 0.3) is 16.6 Å². The second-order valence-electron chi connectivity index (χ2n) is 6.83. The molecule has 0 aliphatic heterocycles. The average molecular weight is 385 g/mol. The van der Waals surface area contributed by atoms with E-state index in [9.17, 15) is 4.79 Å². The summed E-state index contributed by atoms with van der Waals surface area (Å²) in [6, 6.07) is 14.8. The van der Waals surface area contributed by atoms with Gasteiger partial charge in [0.05, 0.1) is 22.6 Å². The molecule has 3 aromatic rings. The maximum atomic E-state index is 13.3. The summed E-state index contributed by atoms with van der Waals surface area (Å²) in [5, 5.41) is 4.73. The van der Waals surface area contributed by atoms with E-state index in [1.54, 1.807) is 16.7 Å². The Kier molecular flexibility index (Phi) is 6.26. The number of nitrogens with one attached hydrogen (secondary N) is 1. The molecule has 1 heterocycles. The topological polar surface area (TPSA) is 50.2 Å². The number of nitrogens with zero attached hydrogens (tertiary/aromatic N) is 3. The van der Waals surface area contributed by atoms with Crippen molar-refractivity contribution < 1.29 is 0 Å². The van der Waals surface area contributed by atoms with Crippen LogP contribution in [-0.2, 0) is 0 Å². The lowest BCUT2D eigenvalue weighted by atomic mass is 10.1. The zero-order valence-electron chi connectivity index (χ0n) is 15.9. The van der Waals surface area contributed by atoms with Crippen LogP contribution in [0.2, 0.25) is 5.02 Å². The van der Waals surface area contributed by atoms with Crippen molar-refractivity contribution in [1.29, 1.82) is 0 Å². The van der Waals surface area contributed by atoms with Gasteiger partial charge in [0.2, 0.25) is 0 Å². The minimum absolute atomic E-state index is 0.0405. The summed E-state index contributed by atoms with van der Waals surface area (Å²) in [7, 11) is 4.08. The molecular weight excluding hydrogens is 360 g/mol. The SMILES string of the molecule is CCC(NCCN(C)C)c1nc2ccccc2c(=O)n1-c1cccc(Cl)c1. The Balaban J connectivity index is 2.17. The molecule has 0 bridgehead atoms. The summed E-state index contributed by atoms with van der Waals surface area (Å²) in [5.74, 6) is 0.710. The van der Waals surface area contributed by atoms with Gasteiger partial charge in [-0.3, -0.25) is 9.36 Å². The number of likely N-dealkylation sites (N-methyl/N-ethyl adjacent to an activating group) is 1. The molecule has 0 aliphatic rings. The third-order valence-corrected chi connectivity index (χ3v) is 4.77. The van der Waals surface area contributed by atoms with Crippen LogP contribution in [0.5, 0.6) is 0 Å². The van der Waals surface area contributed by atoms with Gasteiger partial charge in [0.25, 0.3) is 5.56 Å². The van der Waals surface area contributed by atoms with Gasteiger partial charge in [-0.15, -0.1) is 0 Å². The number of aromatic nitrogens is 2. The number of halogens is 1.